The van der Waals surface area contributed by atoms with Crippen LogP contribution in [0.5, 0.6) is 5.75 Å². The Bertz CT molecular complexity index is 1280. The number of hydrogen-bond donors (Lipinski definition) is 1. The number of amides is 1. The largest absolute Gasteiger partial charge is 0.492 e. The highest BCUT2D eigenvalue weighted by Gasteiger charge is 2.15. The number of ether oxygens (including phenoxy) is 1. The van der Waals surface area contributed by atoms with Crippen molar-refractivity contribution in [3.8, 4) is 11.4 Å². The minimum atomic E-state index is -0.438. The van der Waals surface area contributed by atoms with Crippen LogP contribution in [-0.4, -0.2) is 37.1 Å². The summed E-state index contributed by atoms with van der Waals surface area (Å²) in [5.41, 5.74) is 2.34. The molecule has 1 N–H and O–H groups in total. The van der Waals surface area contributed by atoms with Gasteiger partial charge in [0.1, 0.15) is 18.6 Å². The number of aryl methyl sites for hydroxylation is 1. The average molecular weight is 404 g/mol. The third-order valence-electron chi connectivity index (χ3n) is 4.45. The van der Waals surface area contributed by atoms with Gasteiger partial charge in [0.15, 0.2) is 11.2 Å². The summed E-state index contributed by atoms with van der Waals surface area (Å²) in [4.78, 5) is 29.6. The number of hydrogen-bond acceptors (Lipinski definition) is 6. The third-order valence-corrected chi connectivity index (χ3v) is 4.45. The molecule has 2 aromatic heterocycles. The summed E-state index contributed by atoms with van der Waals surface area (Å²) in [5.74, 6) is 0.187. The second-order valence-corrected chi connectivity index (χ2v) is 6.67. The molecule has 0 saturated heterocycles. The molecule has 0 atom stereocenters. The van der Waals surface area contributed by atoms with Gasteiger partial charge in [0.05, 0.1) is 18.0 Å². The molecule has 0 aliphatic rings. The van der Waals surface area contributed by atoms with E-state index in [-0.39, 0.29) is 18.0 Å². The molecule has 0 fully saturated rings. The van der Waals surface area contributed by atoms with Gasteiger partial charge in [-0.2, -0.15) is 4.68 Å². The number of rotatable bonds is 6. The van der Waals surface area contributed by atoms with Gasteiger partial charge < -0.3 is 10.1 Å². The topological polar surface area (TPSA) is 104 Å². The Morgan fingerprint density at radius 2 is 2.00 bits per heavy atom. The molecule has 2 heterocycles. The molecule has 4 aromatic rings. The highest BCUT2D eigenvalue weighted by Crippen LogP contribution is 2.23. The van der Waals surface area contributed by atoms with Gasteiger partial charge in [-0.05, 0) is 43.7 Å². The van der Waals surface area contributed by atoms with Gasteiger partial charge in [0.2, 0.25) is 5.91 Å². The predicted molar refractivity (Wildman–Crippen MR) is 112 cm³/mol. The summed E-state index contributed by atoms with van der Waals surface area (Å²) in [7, 11) is 0. The Balaban J connectivity index is 1.59. The van der Waals surface area contributed by atoms with Gasteiger partial charge in [-0.1, -0.05) is 29.5 Å². The van der Waals surface area contributed by atoms with Crippen molar-refractivity contribution >= 4 is 22.8 Å². The molecule has 0 spiro atoms. The minimum absolute atomic E-state index is 0.0986. The van der Waals surface area contributed by atoms with Gasteiger partial charge in [0, 0.05) is 0 Å². The van der Waals surface area contributed by atoms with Crippen LogP contribution in [0.2, 0.25) is 0 Å². The predicted octanol–water partition coefficient (Wildman–Crippen LogP) is 2.32. The fraction of sp³-hybridized carbons (Fsp3) is 0.190. The number of anilines is 1. The first-order valence-electron chi connectivity index (χ1n) is 9.46. The Hall–Kier alpha value is -4.01. The quantitative estimate of drug-likeness (QED) is 0.529. The van der Waals surface area contributed by atoms with E-state index in [0.29, 0.717) is 23.7 Å². The molecule has 1 amide bonds. The van der Waals surface area contributed by atoms with Crippen LogP contribution in [0.15, 0.2) is 59.7 Å². The molecule has 2 aromatic carbocycles. The molecule has 9 heteroatoms. The number of para-hydroxylation sites is 2. The van der Waals surface area contributed by atoms with Crippen LogP contribution >= 0.6 is 0 Å². The second kappa shape index (κ2) is 8.16. The van der Waals surface area contributed by atoms with E-state index in [9.17, 15) is 9.59 Å². The van der Waals surface area contributed by atoms with Crippen molar-refractivity contribution in [1.82, 2.24) is 24.5 Å². The lowest BCUT2D eigenvalue weighted by atomic mass is 10.2. The molecule has 152 valence electrons. The summed E-state index contributed by atoms with van der Waals surface area (Å²) in [5, 5.41) is 10.8. The monoisotopic (exact) mass is 404 g/mol. The highest BCUT2D eigenvalue weighted by atomic mass is 16.5. The highest BCUT2D eigenvalue weighted by molar-refractivity contribution is 5.92. The molecular formula is C21H20N6O3. The van der Waals surface area contributed by atoms with Gasteiger partial charge >= 0.3 is 0 Å². The molecule has 9 nitrogen and oxygen atoms in total. The first-order valence-corrected chi connectivity index (χ1v) is 9.46. The lowest BCUT2D eigenvalue weighted by molar-refractivity contribution is -0.116. The fourth-order valence-corrected chi connectivity index (χ4v) is 3.09. The second-order valence-electron chi connectivity index (χ2n) is 6.67. The van der Waals surface area contributed by atoms with Crippen molar-refractivity contribution in [2.24, 2.45) is 0 Å². The average Bonchev–Trinajstić information content (AvgIpc) is 3.17. The Labute approximate surface area is 171 Å². The molecular weight excluding hydrogens is 384 g/mol. The molecule has 0 unspecified atom stereocenters. The van der Waals surface area contributed by atoms with Crippen LogP contribution in [0.25, 0.3) is 16.9 Å². The van der Waals surface area contributed by atoms with Crippen molar-refractivity contribution in [2.45, 2.75) is 20.4 Å². The summed E-state index contributed by atoms with van der Waals surface area (Å²) >= 11 is 0. The van der Waals surface area contributed by atoms with E-state index in [1.165, 1.54) is 15.6 Å². The maximum Gasteiger partial charge on any atom is 0.284 e. The lowest BCUT2D eigenvalue weighted by Gasteiger charge is -2.11. The number of nitrogens with one attached hydrogen (secondary N) is 1. The van der Waals surface area contributed by atoms with Crippen molar-refractivity contribution < 1.29 is 9.53 Å². The number of carbonyl (C=O) groups excluding carboxylic acids is 1. The standard InChI is InChI=1S/C21H20N6O3/c1-3-30-17-10-5-4-9-16(17)23-18(28)12-26-13-22-20-19(21(26)29)24-25-27(20)15-8-6-7-14(2)11-15/h4-11,13H,3,12H2,1-2H3,(H,23,28). The minimum Gasteiger partial charge on any atom is -0.492 e. The molecule has 4 rings (SSSR count). The number of benzene rings is 2. The molecule has 0 bridgehead atoms. The summed E-state index contributed by atoms with van der Waals surface area (Å²) in [6.45, 7) is 4.09. The summed E-state index contributed by atoms with van der Waals surface area (Å²) < 4.78 is 8.22. The number of carbonyl (C=O) groups is 1. The van der Waals surface area contributed by atoms with Crippen molar-refractivity contribution in [2.75, 3.05) is 11.9 Å². The third kappa shape index (κ3) is 3.77. The van der Waals surface area contributed by atoms with Crippen molar-refractivity contribution in [3.63, 3.8) is 0 Å². The molecule has 0 saturated carbocycles. The Morgan fingerprint density at radius 1 is 1.17 bits per heavy atom. The van der Waals surface area contributed by atoms with E-state index in [1.54, 1.807) is 18.2 Å². The normalized spacial score (nSPS) is 10.9. The van der Waals surface area contributed by atoms with Crippen LogP contribution < -0.4 is 15.6 Å². The van der Waals surface area contributed by atoms with E-state index < -0.39 is 5.56 Å². The molecule has 0 aliphatic heterocycles. The van der Waals surface area contributed by atoms with E-state index in [1.807, 2.05) is 44.2 Å². The van der Waals surface area contributed by atoms with Gasteiger partial charge in [-0.15, -0.1) is 5.10 Å². The zero-order valence-corrected chi connectivity index (χ0v) is 16.6. The smallest absolute Gasteiger partial charge is 0.284 e. The van der Waals surface area contributed by atoms with Crippen LogP contribution in [0.1, 0.15) is 12.5 Å². The van der Waals surface area contributed by atoms with Gasteiger partial charge in [0.25, 0.3) is 5.56 Å². The van der Waals surface area contributed by atoms with Crippen LogP contribution in [-0.2, 0) is 11.3 Å². The van der Waals surface area contributed by atoms with E-state index in [4.69, 9.17) is 4.74 Å². The number of aromatic nitrogens is 5. The lowest BCUT2D eigenvalue weighted by Crippen LogP contribution is -2.28. The van der Waals surface area contributed by atoms with Crippen molar-refractivity contribution in [3.05, 3.63) is 70.8 Å². The number of nitrogens with zero attached hydrogens (tertiary/aromatic N) is 5. The molecule has 0 aliphatic carbocycles. The fourth-order valence-electron chi connectivity index (χ4n) is 3.09. The van der Waals surface area contributed by atoms with Crippen LogP contribution in [0, 0.1) is 6.92 Å². The van der Waals surface area contributed by atoms with E-state index in [0.717, 1.165) is 11.3 Å². The van der Waals surface area contributed by atoms with Crippen LogP contribution in [0.3, 0.4) is 0 Å². The van der Waals surface area contributed by atoms with Crippen molar-refractivity contribution in [1.29, 1.82) is 0 Å². The number of fused-ring (bicyclic) bond motifs is 1. The van der Waals surface area contributed by atoms with E-state index in [2.05, 4.69) is 20.6 Å². The summed E-state index contributed by atoms with van der Waals surface area (Å²) in [6.07, 6.45) is 1.33. The zero-order chi connectivity index (χ0) is 21.1. The van der Waals surface area contributed by atoms with Gasteiger partial charge in [-0.3, -0.25) is 14.2 Å². The SMILES string of the molecule is CCOc1ccccc1NC(=O)Cn1cnc2c(nnn2-c2cccc(C)c2)c1=O. The molecule has 30 heavy (non-hydrogen) atoms. The maximum absolute atomic E-state index is 12.8. The van der Waals surface area contributed by atoms with E-state index >= 15 is 0 Å². The maximum atomic E-state index is 12.8. The first kappa shape index (κ1) is 19.3. The summed E-state index contributed by atoms with van der Waals surface area (Å²) in [6, 6.07) is 14.8. The Morgan fingerprint density at radius 3 is 2.80 bits per heavy atom. The van der Waals surface area contributed by atoms with Gasteiger partial charge in [-0.25, -0.2) is 4.98 Å². The zero-order valence-electron chi connectivity index (χ0n) is 16.6. The first-order chi connectivity index (χ1) is 14.6. The Kier molecular flexibility index (Phi) is 5.25. The van der Waals surface area contributed by atoms with Crippen LogP contribution in [0.4, 0.5) is 5.69 Å². The molecule has 0 radical (unpaired) electrons.